The van der Waals surface area contributed by atoms with Gasteiger partial charge in [0.25, 0.3) is 0 Å². The van der Waals surface area contributed by atoms with E-state index >= 15 is 0 Å². The van der Waals surface area contributed by atoms with Gasteiger partial charge >= 0.3 is 0 Å². The molecule has 0 spiro atoms. The van der Waals surface area contributed by atoms with Gasteiger partial charge in [0.2, 0.25) is 5.91 Å². The highest BCUT2D eigenvalue weighted by molar-refractivity contribution is 6.42. The van der Waals surface area contributed by atoms with Crippen molar-refractivity contribution in [3.05, 3.63) is 33.8 Å². The molecule has 2 aliphatic rings. The Hall–Kier alpha value is -0.770. The maximum absolute atomic E-state index is 12.7. The molecule has 1 aliphatic heterocycles. The second-order valence-corrected chi connectivity index (χ2v) is 7.04. The highest BCUT2D eigenvalue weighted by Gasteiger charge is 2.45. The number of rotatable bonds is 5. The summed E-state index contributed by atoms with van der Waals surface area (Å²) < 4.78 is 5.41. The normalized spacial score (nSPS) is 27.0. The van der Waals surface area contributed by atoms with Gasteiger partial charge in [0.05, 0.1) is 16.7 Å². The summed E-state index contributed by atoms with van der Waals surface area (Å²) in [5, 5.41) is 1.12. The zero-order chi connectivity index (χ0) is 15.7. The van der Waals surface area contributed by atoms with E-state index in [-0.39, 0.29) is 17.7 Å². The topological polar surface area (TPSA) is 29.5 Å². The van der Waals surface area contributed by atoms with Gasteiger partial charge in [0.15, 0.2) is 0 Å². The first-order chi connectivity index (χ1) is 10.6. The van der Waals surface area contributed by atoms with E-state index in [0.29, 0.717) is 16.0 Å². The van der Waals surface area contributed by atoms with Gasteiger partial charge in [-0.05, 0) is 43.4 Å². The number of hydrogen-bond acceptors (Lipinski definition) is 2. The molecule has 0 N–H and O–H groups in total. The summed E-state index contributed by atoms with van der Waals surface area (Å²) in [7, 11) is 0. The molecule has 3 nitrogen and oxygen atoms in total. The average molecular weight is 342 g/mol. The average Bonchev–Trinajstić information content (AvgIpc) is 3.15. The van der Waals surface area contributed by atoms with Gasteiger partial charge in [-0.25, -0.2) is 0 Å². The highest BCUT2D eigenvalue weighted by atomic mass is 35.5. The summed E-state index contributed by atoms with van der Waals surface area (Å²) in [4.78, 5) is 14.7. The first-order valence-electron chi connectivity index (χ1n) is 7.91. The van der Waals surface area contributed by atoms with Crippen LogP contribution in [0.3, 0.4) is 0 Å². The Labute approximate surface area is 141 Å². The highest BCUT2D eigenvalue weighted by Crippen LogP contribution is 2.49. The van der Waals surface area contributed by atoms with E-state index < -0.39 is 0 Å². The van der Waals surface area contributed by atoms with Crippen LogP contribution in [0.4, 0.5) is 0 Å². The lowest BCUT2D eigenvalue weighted by Gasteiger charge is -2.24. The van der Waals surface area contributed by atoms with Crippen molar-refractivity contribution in [2.45, 2.75) is 25.7 Å². The molecule has 0 aromatic heterocycles. The fourth-order valence-electron chi connectivity index (χ4n) is 3.23. The fraction of sp³-hybridized carbons (Fsp3) is 0.588. The van der Waals surface area contributed by atoms with E-state index in [1.54, 1.807) is 0 Å². The predicted molar refractivity (Wildman–Crippen MR) is 88.5 cm³/mol. The minimum atomic E-state index is 0.0968. The van der Waals surface area contributed by atoms with Gasteiger partial charge in [-0.15, -0.1) is 0 Å². The quantitative estimate of drug-likeness (QED) is 0.810. The maximum atomic E-state index is 12.7. The molecule has 1 aliphatic carbocycles. The molecule has 1 saturated heterocycles. The Kier molecular flexibility index (Phi) is 4.96. The van der Waals surface area contributed by atoms with Gasteiger partial charge in [0, 0.05) is 31.5 Å². The second kappa shape index (κ2) is 6.77. The summed E-state index contributed by atoms with van der Waals surface area (Å²) in [6, 6.07) is 5.68. The smallest absolute Gasteiger partial charge is 0.226 e. The van der Waals surface area contributed by atoms with Crippen LogP contribution in [0.1, 0.15) is 31.2 Å². The zero-order valence-corrected chi connectivity index (χ0v) is 14.2. The molecule has 120 valence electrons. The van der Waals surface area contributed by atoms with Crippen molar-refractivity contribution >= 4 is 29.1 Å². The van der Waals surface area contributed by atoms with Crippen LogP contribution in [-0.4, -0.2) is 37.1 Å². The molecule has 1 amide bonds. The SMILES string of the molecule is CCN(C[C@@H]1CCOC1)C(=O)[C@@H]1C[C@@H]1c1ccc(Cl)c(Cl)c1. The number of nitrogens with zero attached hydrogens (tertiary/aromatic N) is 1. The number of halogens is 2. The van der Waals surface area contributed by atoms with Crippen molar-refractivity contribution < 1.29 is 9.53 Å². The van der Waals surface area contributed by atoms with Crippen molar-refractivity contribution in [3.8, 4) is 0 Å². The molecule has 0 unspecified atom stereocenters. The molecule has 2 fully saturated rings. The monoisotopic (exact) mass is 341 g/mol. The van der Waals surface area contributed by atoms with E-state index in [1.165, 1.54) is 0 Å². The van der Waals surface area contributed by atoms with Gasteiger partial charge in [0.1, 0.15) is 0 Å². The lowest BCUT2D eigenvalue weighted by atomic mass is 10.1. The van der Waals surface area contributed by atoms with E-state index in [1.807, 2.05) is 30.0 Å². The molecule has 1 heterocycles. The van der Waals surface area contributed by atoms with Crippen molar-refractivity contribution in [1.82, 2.24) is 4.90 Å². The van der Waals surface area contributed by atoms with E-state index in [9.17, 15) is 4.79 Å². The Bertz CT molecular complexity index is 558. The van der Waals surface area contributed by atoms with Crippen molar-refractivity contribution in [3.63, 3.8) is 0 Å². The first-order valence-corrected chi connectivity index (χ1v) is 8.67. The summed E-state index contributed by atoms with van der Waals surface area (Å²) in [6.45, 7) is 5.24. The third-order valence-corrected chi connectivity index (χ3v) is 5.41. The molecule has 5 heteroatoms. The van der Waals surface area contributed by atoms with Crippen LogP contribution in [0.25, 0.3) is 0 Å². The summed E-state index contributed by atoms with van der Waals surface area (Å²) >= 11 is 12.0. The Balaban J connectivity index is 1.61. The van der Waals surface area contributed by atoms with Crippen LogP contribution in [0.2, 0.25) is 10.0 Å². The van der Waals surface area contributed by atoms with Crippen LogP contribution in [-0.2, 0) is 9.53 Å². The summed E-state index contributed by atoms with van der Waals surface area (Å²) in [5.41, 5.74) is 1.12. The minimum absolute atomic E-state index is 0.0968. The molecule has 1 aromatic rings. The third kappa shape index (κ3) is 3.42. The number of hydrogen-bond donors (Lipinski definition) is 0. The van der Waals surface area contributed by atoms with Gasteiger partial charge < -0.3 is 9.64 Å². The molecule has 0 radical (unpaired) electrons. The van der Waals surface area contributed by atoms with Gasteiger partial charge in [-0.1, -0.05) is 29.3 Å². The van der Waals surface area contributed by atoms with Crippen LogP contribution in [0.15, 0.2) is 18.2 Å². The molecular formula is C17H21Cl2NO2. The molecular weight excluding hydrogens is 321 g/mol. The van der Waals surface area contributed by atoms with Crippen LogP contribution < -0.4 is 0 Å². The largest absolute Gasteiger partial charge is 0.381 e. The third-order valence-electron chi connectivity index (χ3n) is 4.68. The van der Waals surface area contributed by atoms with E-state index in [2.05, 4.69) is 0 Å². The van der Waals surface area contributed by atoms with Crippen molar-refractivity contribution in [2.75, 3.05) is 26.3 Å². The molecule has 1 aromatic carbocycles. The fourth-order valence-corrected chi connectivity index (χ4v) is 3.53. The number of ether oxygens (including phenoxy) is 1. The molecule has 0 bridgehead atoms. The van der Waals surface area contributed by atoms with Crippen LogP contribution >= 0.6 is 23.2 Å². The van der Waals surface area contributed by atoms with E-state index in [0.717, 1.165) is 44.7 Å². The number of benzene rings is 1. The predicted octanol–water partition coefficient (Wildman–Crippen LogP) is 3.98. The molecule has 3 atom stereocenters. The zero-order valence-electron chi connectivity index (χ0n) is 12.7. The van der Waals surface area contributed by atoms with E-state index in [4.69, 9.17) is 27.9 Å². The van der Waals surface area contributed by atoms with Gasteiger partial charge in [-0.2, -0.15) is 0 Å². The standard InChI is InChI=1S/C17H21Cl2NO2/c1-2-20(9-11-5-6-22-10-11)17(21)14-8-13(14)12-3-4-15(18)16(19)7-12/h3-4,7,11,13-14H,2,5-6,8-10H2,1H3/t11-,13+,14+/m0/s1. The summed E-state index contributed by atoms with van der Waals surface area (Å²) in [5.74, 6) is 1.15. The number of carbonyl (C=O) groups excluding carboxylic acids is 1. The second-order valence-electron chi connectivity index (χ2n) is 6.23. The minimum Gasteiger partial charge on any atom is -0.381 e. The Morgan fingerprint density at radius 3 is 2.82 bits per heavy atom. The lowest BCUT2D eigenvalue weighted by Crippen LogP contribution is -2.36. The molecule has 1 saturated carbocycles. The van der Waals surface area contributed by atoms with Gasteiger partial charge in [-0.3, -0.25) is 4.79 Å². The maximum Gasteiger partial charge on any atom is 0.226 e. The first kappa shape index (κ1) is 16.1. The Morgan fingerprint density at radius 2 is 2.18 bits per heavy atom. The Morgan fingerprint density at radius 1 is 1.36 bits per heavy atom. The van der Waals surface area contributed by atoms with Crippen LogP contribution in [0.5, 0.6) is 0 Å². The lowest BCUT2D eigenvalue weighted by molar-refractivity contribution is -0.133. The number of carbonyl (C=O) groups is 1. The van der Waals surface area contributed by atoms with Crippen LogP contribution in [0, 0.1) is 11.8 Å². The van der Waals surface area contributed by atoms with Crippen molar-refractivity contribution in [1.29, 1.82) is 0 Å². The van der Waals surface area contributed by atoms with Crippen molar-refractivity contribution in [2.24, 2.45) is 11.8 Å². The number of amides is 1. The summed E-state index contributed by atoms with van der Waals surface area (Å²) in [6.07, 6.45) is 1.97. The molecule has 3 rings (SSSR count). The molecule has 22 heavy (non-hydrogen) atoms.